The van der Waals surface area contributed by atoms with E-state index in [4.69, 9.17) is 10.00 Å². The lowest BCUT2D eigenvalue weighted by atomic mass is 9.72. The third-order valence-corrected chi connectivity index (χ3v) is 3.97. The molecular weight excluding hydrogens is 222 g/mol. The molecule has 1 fully saturated rings. The van der Waals surface area contributed by atoms with Gasteiger partial charge in [0.15, 0.2) is 0 Å². The van der Waals surface area contributed by atoms with Gasteiger partial charge in [0.1, 0.15) is 0 Å². The minimum atomic E-state index is 0.0880. The summed E-state index contributed by atoms with van der Waals surface area (Å²) < 4.78 is 5.44. The molecule has 1 aromatic carbocycles. The molecule has 1 saturated heterocycles. The average molecular weight is 243 g/mol. The molecule has 1 heterocycles. The van der Waals surface area contributed by atoms with Crippen LogP contribution in [0, 0.1) is 18.3 Å². The van der Waals surface area contributed by atoms with Crippen LogP contribution in [0.15, 0.2) is 18.2 Å². The lowest BCUT2D eigenvalue weighted by Gasteiger charge is -2.43. The molecule has 0 aromatic heterocycles. The van der Waals surface area contributed by atoms with E-state index in [1.54, 1.807) is 0 Å². The number of hydrogen-bond donors (Lipinski definition) is 0. The molecule has 1 aliphatic rings. The molecule has 0 amide bonds. The van der Waals surface area contributed by atoms with Gasteiger partial charge in [0, 0.05) is 11.8 Å². The number of aryl methyl sites for hydroxylation is 1. The maximum atomic E-state index is 8.82. The Bertz CT molecular complexity index is 466. The molecular formula is C16H21NO. The molecule has 0 radical (unpaired) electrons. The third kappa shape index (κ3) is 2.28. The van der Waals surface area contributed by atoms with Gasteiger partial charge in [-0.3, -0.25) is 0 Å². The van der Waals surface area contributed by atoms with Crippen LogP contribution in [0.5, 0.6) is 0 Å². The molecule has 18 heavy (non-hydrogen) atoms. The number of hydrogen-bond acceptors (Lipinski definition) is 2. The standard InChI is InChI=1S/C16H21NO/c1-12(2)14-6-5-13(3)15(9-14)16(7-4-8-17)10-18-11-16/h5-6,9,12H,4,7,10-11H2,1-3H3. The normalized spacial score (nSPS) is 17.3. The fourth-order valence-electron chi connectivity index (χ4n) is 2.65. The first-order chi connectivity index (χ1) is 8.59. The highest BCUT2D eigenvalue weighted by Gasteiger charge is 2.40. The average Bonchev–Trinajstić information content (AvgIpc) is 2.29. The summed E-state index contributed by atoms with van der Waals surface area (Å²) >= 11 is 0. The Morgan fingerprint density at radius 2 is 2.11 bits per heavy atom. The first-order valence-electron chi connectivity index (χ1n) is 6.65. The summed E-state index contributed by atoms with van der Waals surface area (Å²) in [6, 6.07) is 9.00. The van der Waals surface area contributed by atoms with Gasteiger partial charge in [-0.15, -0.1) is 0 Å². The molecule has 2 heteroatoms. The van der Waals surface area contributed by atoms with Crippen LogP contribution in [0.3, 0.4) is 0 Å². The topological polar surface area (TPSA) is 33.0 Å². The molecule has 1 aliphatic heterocycles. The maximum Gasteiger partial charge on any atom is 0.0622 e. The molecule has 1 aromatic rings. The zero-order chi connectivity index (χ0) is 13.2. The van der Waals surface area contributed by atoms with Crippen LogP contribution in [-0.4, -0.2) is 13.2 Å². The number of ether oxygens (including phenoxy) is 1. The van der Waals surface area contributed by atoms with E-state index < -0.39 is 0 Å². The minimum Gasteiger partial charge on any atom is -0.379 e. The number of nitriles is 1. The van der Waals surface area contributed by atoms with E-state index in [2.05, 4.69) is 45.0 Å². The van der Waals surface area contributed by atoms with Crippen molar-refractivity contribution in [2.45, 2.75) is 44.9 Å². The molecule has 96 valence electrons. The largest absolute Gasteiger partial charge is 0.379 e. The summed E-state index contributed by atoms with van der Waals surface area (Å²) in [4.78, 5) is 0. The summed E-state index contributed by atoms with van der Waals surface area (Å²) in [5, 5.41) is 8.82. The van der Waals surface area contributed by atoms with Crippen LogP contribution in [0.25, 0.3) is 0 Å². The van der Waals surface area contributed by atoms with Crippen LogP contribution in [-0.2, 0) is 10.2 Å². The van der Waals surface area contributed by atoms with Gasteiger partial charge in [0.2, 0.25) is 0 Å². The lowest BCUT2D eigenvalue weighted by molar-refractivity contribution is -0.0640. The van der Waals surface area contributed by atoms with Crippen molar-refractivity contribution in [1.29, 1.82) is 5.26 Å². The molecule has 0 N–H and O–H groups in total. The highest BCUT2D eigenvalue weighted by molar-refractivity contribution is 5.39. The summed E-state index contributed by atoms with van der Waals surface area (Å²) in [6.07, 6.45) is 1.51. The van der Waals surface area contributed by atoms with Crippen LogP contribution in [0.4, 0.5) is 0 Å². The minimum absolute atomic E-state index is 0.0880. The van der Waals surface area contributed by atoms with E-state index >= 15 is 0 Å². The summed E-state index contributed by atoms with van der Waals surface area (Å²) in [7, 11) is 0. The Hall–Kier alpha value is -1.33. The SMILES string of the molecule is Cc1ccc(C(C)C)cc1C1(CCC#N)COC1. The van der Waals surface area contributed by atoms with Crippen molar-refractivity contribution in [3.63, 3.8) is 0 Å². The van der Waals surface area contributed by atoms with Crippen molar-refractivity contribution in [1.82, 2.24) is 0 Å². The molecule has 0 spiro atoms. The lowest BCUT2D eigenvalue weighted by Crippen LogP contribution is -2.47. The zero-order valence-corrected chi connectivity index (χ0v) is 11.5. The highest BCUT2D eigenvalue weighted by Crippen LogP contribution is 2.39. The van der Waals surface area contributed by atoms with E-state index in [1.807, 2.05) is 0 Å². The number of nitrogens with zero attached hydrogens (tertiary/aromatic N) is 1. The predicted octanol–water partition coefficient (Wildman–Crippen LogP) is 3.69. The first-order valence-corrected chi connectivity index (χ1v) is 6.65. The van der Waals surface area contributed by atoms with Gasteiger partial charge in [-0.05, 0) is 36.0 Å². The monoisotopic (exact) mass is 243 g/mol. The molecule has 2 rings (SSSR count). The van der Waals surface area contributed by atoms with Gasteiger partial charge in [0.05, 0.1) is 19.3 Å². The molecule has 0 aliphatic carbocycles. The van der Waals surface area contributed by atoms with Crippen molar-refractivity contribution < 1.29 is 4.74 Å². The van der Waals surface area contributed by atoms with Crippen LogP contribution < -0.4 is 0 Å². The van der Waals surface area contributed by atoms with Crippen LogP contribution >= 0.6 is 0 Å². The predicted molar refractivity (Wildman–Crippen MR) is 72.6 cm³/mol. The Balaban J connectivity index is 2.36. The summed E-state index contributed by atoms with van der Waals surface area (Å²) in [5.74, 6) is 0.540. The fraction of sp³-hybridized carbons (Fsp3) is 0.562. The highest BCUT2D eigenvalue weighted by atomic mass is 16.5. The van der Waals surface area contributed by atoms with Crippen LogP contribution in [0.2, 0.25) is 0 Å². The number of benzene rings is 1. The van der Waals surface area contributed by atoms with E-state index in [0.717, 1.165) is 19.6 Å². The smallest absolute Gasteiger partial charge is 0.0622 e. The van der Waals surface area contributed by atoms with Gasteiger partial charge in [-0.2, -0.15) is 5.26 Å². The van der Waals surface area contributed by atoms with E-state index in [0.29, 0.717) is 12.3 Å². The zero-order valence-electron chi connectivity index (χ0n) is 11.5. The Labute approximate surface area is 110 Å². The Kier molecular flexibility index (Phi) is 3.73. The first kappa shape index (κ1) is 13.1. The van der Waals surface area contributed by atoms with Gasteiger partial charge in [0.25, 0.3) is 0 Å². The molecule has 0 atom stereocenters. The summed E-state index contributed by atoms with van der Waals surface area (Å²) in [5.41, 5.74) is 4.17. The second-order valence-electron chi connectivity index (χ2n) is 5.66. The third-order valence-electron chi connectivity index (χ3n) is 3.97. The fourth-order valence-corrected chi connectivity index (χ4v) is 2.65. The van der Waals surface area contributed by atoms with E-state index in [-0.39, 0.29) is 5.41 Å². The molecule has 0 saturated carbocycles. The van der Waals surface area contributed by atoms with Gasteiger partial charge >= 0.3 is 0 Å². The Morgan fingerprint density at radius 1 is 1.39 bits per heavy atom. The maximum absolute atomic E-state index is 8.82. The van der Waals surface area contributed by atoms with E-state index in [1.165, 1.54) is 16.7 Å². The molecule has 0 unspecified atom stereocenters. The van der Waals surface area contributed by atoms with Crippen molar-refractivity contribution >= 4 is 0 Å². The number of rotatable bonds is 4. The van der Waals surface area contributed by atoms with Crippen LogP contribution in [0.1, 0.15) is 49.3 Å². The Morgan fingerprint density at radius 3 is 2.61 bits per heavy atom. The molecule has 0 bridgehead atoms. The van der Waals surface area contributed by atoms with E-state index in [9.17, 15) is 0 Å². The van der Waals surface area contributed by atoms with Crippen molar-refractivity contribution in [2.24, 2.45) is 0 Å². The van der Waals surface area contributed by atoms with Crippen molar-refractivity contribution in [2.75, 3.05) is 13.2 Å². The second kappa shape index (κ2) is 5.12. The quantitative estimate of drug-likeness (QED) is 0.808. The van der Waals surface area contributed by atoms with Crippen molar-refractivity contribution in [3.8, 4) is 6.07 Å². The van der Waals surface area contributed by atoms with Crippen molar-refractivity contribution in [3.05, 3.63) is 34.9 Å². The van der Waals surface area contributed by atoms with Gasteiger partial charge in [-0.25, -0.2) is 0 Å². The molecule has 2 nitrogen and oxygen atoms in total. The summed E-state index contributed by atoms with van der Waals surface area (Å²) in [6.45, 7) is 8.11. The second-order valence-corrected chi connectivity index (χ2v) is 5.66. The van der Waals surface area contributed by atoms with Gasteiger partial charge < -0.3 is 4.74 Å². The van der Waals surface area contributed by atoms with Gasteiger partial charge in [-0.1, -0.05) is 32.0 Å².